The number of hydrogen-bond donors (Lipinski definition) is 5. The van der Waals surface area contributed by atoms with Gasteiger partial charge in [-0.25, -0.2) is 0 Å². The molecule has 7 nitrogen and oxygen atoms in total. The Morgan fingerprint density at radius 3 is 0.443 bits per heavy atom. The molecule has 0 spiro atoms. The molecule has 0 saturated heterocycles. The Morgan fingerprint density at radius 2 is 0.357 bits per heavy atom. The molecule has 0 aromatic rings. The van der Waals surface area contributed by atoms with Gasteiger partial charge in [-0.15, -0.1) is 0 Å². The lowest BCUT2D eigenvalue weighted by atomic mass is 10.0. The molecule has 0 aromatic carbocycles. The molecule has 7 heteroatoms. The zero-order chi connectivity index (χ0) is 51.7. The lowest BCUT2D eigenvalue weighted by Crippen LogP contribution is -2.15. The van der Waals surface area contributed by atoms with Gasteiger partial charge in [-0.3, -0.25) is 9.59 Å². The van der Waals surface area contributed by atoms with Crippen LogP contribution in [-0.4, -0.2) is 56.8 Å². The highest BCUT2D eigenvalue weighted by Gasteiger charge is 2.01. The van der Waals surface area contributed by atoms with Crippen LogP contribution < -0.4 is 0 Å². The second-order valence-electron chi connectivity index (χ2n) is 21.7. The van der Waals surface area contributed by atoms with E-state index in [-0.39, 0.29) is 13.2 Å². The highest BCUT2D eigenvalue weighted by Crippen LogP contribution is 2.19. The fourth-order valence-electron chi connectivity index (χ4n) is 9.60. The smallest absolute Gasteiger partial charge is 0.303 e. The summed E-state index contributed by atoms with van der Waals surface area (Å²) in [6.45, 7) is 3.86. The fourth-order valence-corrected chi connectivity index (χ4v) is 9.60. The normalized spacial score (nSPS) is 11.2. The minimum Gasteiger partial charge on any atom is -0.481 e. The summed E-state index contributed by atoms with van der Waals surface area (Å²) in [7, 11) is 0. The lowest BCUT2D eigenvalue weighted by molar-refractivity contribution is -0.138. The van der Waals surface area contributed by atoms with Gasteiger partial charge in [0.25, 0.3) is 0 Å². The van der Waals surface area contributed by atoms with E-state index in [9.17, 15) is 9.59 Å². The van der Waals surface area contributed by atoms with Crippen LogP contribution >= 0.6 is 0 Å². The first-order valence-corrected chi connectivity index (χ1v) is 31.7. The van der Waals surface area contributed by atoms with E-state index >= 15 is 0 Å². The minimum atomic E-state index is -0.954. The summed E-state index contributed by atoms with van der Waals surface area (Å²) >= 11 is 0. The van der Waals surface area contributed by atoms with Gasteiger partial charge < -0.3 is 25.5 Å². The average molecular weight is 998 g/mol. The van der Waals surface area contributed by atoms with Crippen LogP contribution in [0.1, 0.15) is 373 Å². The van der Waals surface area contributed by atoms with Gasteiger partial charge in [0.15, 0.2) is 0 Å². The van der Waals surface area contributed by atoms with Crippen molar-refractivity contribution in [3.05, 3.63) is 0 Å². The molecule has 0 bridgehead atoms. The third-order valence-corrected chi connectivity index (χ3v) is 14.4. The number of carboxylic acid groups (broad SMARTS) is 2. The standard InChI is InChI=1S/2C30H60O2.C3H8O3/c2*1-2-3-4-5-6-7-8-9-10-11-12-13-14-15-16-17-18-19-20-21-22-23-24-25-26-27-28-29-30(31)32;4-1-3(6)2-5/h2*2-29H2,1H3,(H,31,32);3-6H,1-2H2. The minimum absolute atomic E-state index is 0.347. The Bertz CT molecular complexity index is 857. The molecule has 0 amide bonds. The molecule has 0 rings (SSSR count). The van der Waals surface area contributed by atoms with Crippen molar-refractivity contribution < 1.29 is 35.1 Å². The topological polar surface area (TPSA) is 135 Å². The van der Waals surface area contributed by atoms with Crippen LogP contribution in [0.3, 0.4) is 0 Å². The summed E-state index contributed by atoms with van der Waals surface area (Å²) < 4.78 is 0. The second kappa shape index (κ2) is 69.9. The van der Waals surface area contributed by atoms with Crippen LogP contribution in [0.5, 0.6) is 0 Å². The van der Waals surface area contributed by atoms with Gasteiger partial charge in [-0.2, -0.15) is 0 Å². The fraction of sp³-hybridized carbons (Fsp3) is 0.968. The van der Waals surface area contributed by atoms with E-state index in [0.717, 1.165) is 25.7 Å². The monoisotopic (exact) mass is 997 g/mol. The van der Waals surface area contributed by atoms with Crippen molar-refractivity contribution in [1.29, 1.82) is 0 Å². The van der Waals surface area contributed by atoms with Crippen LogP contribution in [0.2, 0.25) is 0 Å². The molecule has 0 fully saturated rings. The van der Waals surface area contributed by atoms with E-state index in [1.165, 1.54) is 321 Å². The number of aliphatic hydroxyl groups is 3. The third kappa shape index (κ3) is 78.3. The van der Waals surface area contributed by atoms with Gasteiger partial charge in [0, 0.05) is 12.8 Å². The molecule has 0 atom stereocenters. The van der Waals surface area contributed by atoms with Gasteiger partial charge >= 0.3 is 11.9 Å². The van der Waals surface area contributed by atoms with Crippen LogP contribution in [0.25, 0.3) is 0 Å². The summed E-state index contributed by atoms with van der Waals surface area (Å²) in [5.74, 6) is -1.30. The summed E-state index contributed by atoms with van der Waals surface area (Å²) in [6.07, 6.45) is 75.0. The summed E-state index contributed by atoms with van der Waals surface area (Å²) in [4.78, 5) is 20.9. The highest BCUT2D eigenvalue weighted by molar-refractivity contribution is 5.66. The SMILES string of the molecule is CCCCCCCCCCCCCCCCCCCCCCCCCCCCCC(=O)O.CCCCCCCCCCCCCCCCCCCCCCCCCCCCCC(=O)O.OCC(O)CO. The number of aliphatic hydroxyl groups excluding tert-OH is 3. The van der Waals surface area contributed by atoms with Gasteiger partial charge in [-0.1, -0.05) is 348 Å². The summed E-state index contributed by atoms with van der Waals surface area (Å²) in [5, 5.41) is 41.2. The van der Waals surface area contributed by atoms with Crippen molar-refractivity contribution in [3.63, 3.8) is 0 Å². The van der Waals surface area contributed by atoms with Crippen molar-refractivity contribution in [2.75, 3.05) is 13.2 Å². The zero-order valence-corrected chi connectivity index (χ0v) is 47.6. The maximum absolute atomic E-state index is 10.4. The van der Waals surface area contributed by atoms with Crippen LogP contribution in [0.4, 0.5) is 0 Å². The molecule has 70 heavy (non-hydrogen) atoms. The average Bonchev–Trinajstić information content (AvgIpc) is 3.35. The van der Waals surface area contributed by atoms with Crippen molar-refractivity contribution >= 4 is 11.9 Å². The molecular weight excluding hydrogens is 869 g/mol. The maximum atomic E-state index is 10.4. The number of unbranched alkanes of at least 4 members (excludes halogenated alkanes) is 52. The Morgan fingerprint density at radius 1 is 0.243 bits per heavy atom. The first kappa shape index (κ1) is 73.1. The van der Waals surface area contributed by atoms with Crippen molar-refractivity contribution in [1.82, 2.24) is 0 Å². The first-order chi connectivity index (χ1) is 34.3. The molecule has 0 aromatic heterocycles. The van der Waals surface area contributed by atoms with Gasteiger partial charge in [-0.05, 0) is 12.8 Å². The Labute approximate surface area is 438 Å². The second-order valence-corrected chi connectivity index (χ2v) is 21.7. The predicted octanol–water partition coefficient (Wildman–Crippen LogP) is 20.4. The van der Waals surface area contributed by atoms with Crippen LogP contribution in [0, 0.1) is 0 Å². The molecule has 0 aliphatic heterocycles. The van der Waals surface area contributed by atoms with Crippen molar-refractivity contribution in [2.45, 2.75) is 380 Å². The Hall–Kier alpha value is -1.18. The molecule has 5 N–H and O–H groups in total. The molecular formula is C63H128O7. The van der Waals surface area contributed by atoms with Crippen LogP contribution in [0.15, 0.2) is 0 Å². The number of rotatable bonds is 58. The van der Waals surface area contributed by atoms with Gasteiger partial charge in [0.05, 0.1) is 13.2 Å². The van der Waals surface area contributed by atoms with Crippen molar-refractivity contribution in [2.24, 2.45) is 0 Å². The van der Waals surface area contributed by atoms with E-state index in [1.54, 1.807) is 0 Å². The zero-order valence-electron chi connectivity index (χ0n) is 47.6. The molecule has 0 saturated carbocycles. The molecule has 0 unspecified atom stereocenters. The largest absolute Gasteiger partial charge is 0.481 e. The molecule has 0 radical (unpaired) electrons. The summed E-state index contributed by atoms with van der Waals surface area (Å²) in [6, 6.07) is 0. The quantitative estimate of drug-likeness (QED) is 0.0383. The third-order valence-electron chi connectivity index (χ3n) is 14.4. The number of aliphatic carboxylic acids is 2. The van der Waals surface area contributed by atoms with E-state index in [4.69, 9.17) is 25.5 Å². The Kier molecular flexibility index (Phi) is 73.0. The number of carboxylic acids is 2. The van der Waals surface area contributed by atoms with E-state index in [0.29, 0.717) is 12.8 Å². The molecule has 0 aliphatic rings. The van der Waals surface area contributed by atoms with Crippen molar-refractivity contribution in [3.8, 4) is 0 Å². The molecule has 422 valence electrons. The lowest BCUT2D eigenvalue weighted by Gasteiger charge is -2.04. The molecule has 0 aliphatic carbocycles. The number of carbonyl (C=O) groups is 2. The summed E-state index contributed by atoms with van der Waals surface area (Å²) in [5.41, 5.74) is 0. The van der Waals surface area contributed by atoms with E-state index in [2.05, 4.69) is 13.8 Å². The number of hydrogen-bond acceptors (Lipinski definition) is 5. The first-order valence-electron chi connectivity index (χ1n) is 31.7. The Balaban J connectivity index is -0.00000115. The maximum Gasteiger partial charge on any atom is 0.303 e. The van der Waals surface area contributed by atoms with Gasteiger partial charge in [0.2, 0.25) is 0 Å². The van der Waals surface area contributed by atoms with Gasteiger partial charge in [0.1, 0.15) is 6.10 Å². The molecule has 0 heterocycles. The van der Waals surface area contributed by atoms with E-state index < -0.39 is 18.0 Å². The van der Waals surface area contributed by atoms with Crippen LogP contribution in [-0.2, 0) is 9.59 Å². The predicted molar refractivity (Wildman–Crippen MR) is 305 cm³/mol. The highest BCUT2D eigenvalue weighted by atomic mass is 16.4. The van der Waals surface area contributed by atoms with E-state index in [1.807, 2.05) is 0 Å².